The van der Waals surface area contributed by atoms with E-state index in [9.17, 15) is 14.4 Å². The Morgan fingerprint density at radius 3 is 2.46 bits per heavy atom. The molecule has 2 aromatic rings. The first kappa shape index (κ1) is 28.3. The zero-order valence-electron chi connectivity index (χ0n) is 21.5. The van der Waals surface area contributed by atoms with Gasteiger partial charge < -0.3 is 19.9 Å². The van der Waals surface area contributed by atoms with E-state index >= 15 is 0 Å². The minimum Gasteiger partial charge on any atom is -0.444 e. The number of carbonyl (C=O) groups excluding carboxylic acids is 3. The molecule has 0 radical (unpaired) electrons. The number of thiophene rings is 1. The van der Waals surface area contributed by atoms with Gasteiger partial charge in [-0.1, -0.05) is 13.0 Å². The predicted molar refractivity (Wildman–Crippen MR) is 139 cm³/mol. The van der Waals surface area contributed by atoms with E-state index in [2.05, 4.69) is 15.6 Å². The zero-order valence-corrected chi connectivity index (χ0v) is 22.3. The second kappa shape index (κ2) is 13.2. The molecule has 9 nitrogen and oxygen atoms in total. The Morgan fingerprint density at radius 2 is 1.86 bits per heavy atom. The van der Waals surface area contributed by atoms with Gasteiger partial charge in [-0.15, -0.1) is 11.3 Å². The number of hydrogen-bond donors (Lipinski definition) is 2. The summed E-state index contributed by atoms with van der Waals surface area (Å²) in [7, 11) is 3.93. The van der Waals surface area contributed by atoms with E-state index in [1.807, 2.05) is 37.4 Å². The lowest BCUT2D eigenvalue weighted by molar-refractivity contribution is 0.0635. The van der Waals surface area contributed by atoms with Crippen molar-refractivity contribution in [3.05, 3.63) is 45.9 Å². The number of nitrogens with zero attached hydrogens (tertiary/aromatic N) is 3. The van der Waals surface area contributed by atoms with Crippen molar-refractivity contribution >= 4 is 34.9 Å². The first-order valence-electron chi connectivity index (χ1n) is 11.7. The van der Waals surface area contributed by atoms with E-state index in [-0.39, 0.29) is 18.2 Å². The molecular formula is C25H37N5O4S. The number of carbonyl (C=O) groups is 3. The van der Waals surface area contributed by atoms with E-state index in [1.54, 1.807) is 43.3 Å². The van der Waals surface area contributed by atoms with Crippen molar-refractivity contribution in [1.82, 2.24) is 20.1 Å². The molecule has 0 spiro atoms. The molecule has 0 bridgehead atoms. The number of ether oxygens (including phenoxy) is 1. The third-order valence-corrected chi connectivity index (χ3v) is 5.64. The third-order valence-electron chi connectivity index (χ3n) is 4.84. The van der Waals surface area contributed by atoms with E-state index in [0.29, 0.717) is 36.6 Å². The molecule has 0 aliphatic rings. The van der Waals surface area contributed by atoms with Crippen LogP contribution < -0.4 is 10.6 Å². The molecule has 0 aromatic carbocycles. The lowest BCUT2D eigenvalue weighted by atomic mass is 10.1. The molecule has 0 saturated carbocycles. The molecule has 0 atom stereocenters. The minimum absolute atomic E-state index is 0.107. The number of amides is 3. The number of anilines is 1. The summed E-state index contributed by atoms with van der Waals surface area (Å²) in [5.41, 5.74) is 1.83. The molecule has 35 heavy (non-hydrogen) atoms. The maximum atomic E-state index is 12.8. The number of ketones is 1. The van der Waals surface area contributed by atoms with Crippen LogP contribution in [-0.4, -0.2) is 72.0 Å². The Balaban J connectivity index is 2.02. The van der Waals surface area contributed by atoms with Crippen LogP contribution in [0.4, 0.5) is 15.3 Å². The van der Waals surface area contributed by atoms with Gasteiger partial charge in [0.05, 0.1) is 5.69 Å². The van der Waals surface area contributed by atoms with Crippen LogP contribution in [0, 0.1) is 0 Å². The summed E-state index contributed by atoms with van der Waals surface area (Å²) in [6.07, 6.45) is 2.05. The summed E-state index contributed by atoms with van der Waals surface area (Å²) >= 11 is 1.40. The Labute approximate surface area is 211 Å². The summed E-state index contributed by atoms with van der Waals surface area (Å²) in [6.45, 7) is 9.72. The van der Waals surface area contributed by atoms with Crippen molar-refractivity contribution in [3.8, 4) is 0 Å². The van der Waals surface area contributed by atoms with Gasteiger partial charge in [0.25, 0.3) is 0 Å². The molecule has 0 fully saturated rings. The average Bonchev–Trinajstić information content (AvgIpc) is 3.19. The summed E-state index contributed by atoms with van der Waals surface area (Å²) < 4.78 is 5.29. The lowest BCUT2D eigenvalue weighted by Gasteiger charge is -2.24. The van der Waals surface area contributed by atoms with Gasteiger partial charge in [0.1, 0.15) is 11.3 Å². The Hall–Kier alpha value is -2.98. The van der Waals surface area contributed by atoms with Crippen molar-refractivity contribution in [2.24, 2.45) is 0 Å². The normalized spacial score (nSPS) is 11.3. The molecular weight excluding hydrogens is 466 g/mol. The standard InChI is InChI=1S/C25H37N5O4S/c1-7-10-26-23(32)30(12-11-29(5)6)15-18-8-9-20(27-14-18)22(31)13-19-16-35-17-21(19)28-24(33)34-25(2,3)4/h8-9,14,16-17H,7,10-13,15H2,1-6H3,(H,26,32)(H,28,33). The van der Waals surface area contributed by atoms with E-state index in [1.165, 1.54) is 11.3 Å². The smallest absolute Gasteiger partial charge is 0.412 e. The highest BCUT2D eigenvalue weighted by Crippen LogP contribution is 2.23. The summed E-state index contributed by atoms with van der Waals surface area (Å²) in [4.78, 5) is 45.6. The zero-order chi connectivity index (χ0) is 26.0. The lowest BCUT2D eigenvalue weighted by Crippen LogP contribution is -2.42. The maximum absolute atomic E-state index is 12.8. The van der Waals surface area contributed by atoms with Gasteiger partial charge in [-0.25, -0.2) is 9.59 Å². The van der Waals surface area contributed by atoms with Gasteiger partial charge in [0.15, 0.2) is 5.78 Å². The second-order valence-corrected chi connectivity index (χ2v) is 10.3. The van der Waals surface area contributed by atoms with Crippen LogP contribution >= 0.6 is 11.3 Å². The Kier molecular flexibility index (Phi) is 10.7. The molecule has 0 saturated heterocycles. The fourth-order valence-electron chi connectivity index (χ4n) is 3.07. The molecule has 2 aromatic heterocycles. The van der Waals surface area contributed by atoms with Crippen LogP contribution in [0.1, 0.15) is 55.7 Å². The first-order chi connectivity index (χ1) is 16.5. The fourth-order valence-corrected chi connectivity index (χ4v) is 3.86. The molecule has 10 heteroatoms. The van der Waals surface area contributed by atoms with Crippen molar-refractivity contribution in [2.75, 3.05) is 39.0 Å². The summed E-state index contributed by atoms with van der Waals surface area (Å²) in [6, 6.07) is 3.39. The summed E-state index contributed by atoms with van der Waals surface area (Å²) in [5.74, 6) is -0.160. The monoisotopic (exact) mass is 503 g/mol. The van der Waals surface area contributed by atoms with Gasteiger partial charge >= 0.3 is 12.1 Å². The number of likely N-dealkylation sites (N-methyl/N-ethyl adjacent to an activating group) is 1. The van der Waals surface area contributed by atoms with Crippen LogP contribution in [-0.2, 0) is 17.7 Å². The number of hydrogen-bond acceptors (Lipinski definition) is 7. The Morgan fingerprint density at radius 1 is 1.11 bits per heavy atom. The van der Waals surface area contributed by atoms with Crippen molar-refractivity contribution in [2.45, 2.75) is 52.7 Å². The number of aromatic nitrogens is 1. The van der Waals surface area contributed by atoms with Crippen LogP contribution in [0.2, 0.25) is 0 Å². The summed E-state index contributed by atoms with van der Waals surface area (Å²) in [5, 5.41) is 9.23. The molecule has 2 heterocycles. The molecule has 0 aliphatic heterocycles. The average molecular weight is 504 g/mol. The number of rotatable bonds is 11. The minimum atomic E-state index is -0.611. The molecule has 192 valence electrons. The van der Waals surface area contributed by atoms with E-state index in [4.69, 9.17) is 4.74 Å². The molecule has 3 amide bonds. The maximum Gasteiger partial charge on any atom is 0.412 e. The van der Waals surface area contributed by atoms with Crippen LogP contribution in [0.25, 0.3) is 0 Å². The molecule has 2 N–H and O–H groups in total. The van der Waals surface area contributed by atoms with Crippen molar-refractivity contribution < 1.29 is 19.1 Å². The van der Waals surface area contributed by atoms with Crippen LogP contribution in [0.15, 0.2) is 29.1 Å². The number of Topliss-reactive ketones (excluding diaryl/α,β-unsaturated/α-hetero) is 1. The van der Waals surface area contributed by atoms with Gasteiger partial charge in [0, 0.05) is 44.2 Å². The molecule has 2 rings (SSSR count). The number of nitrogens with one attached hydrogen (secondary N) is 2. The van der Waals surface area contributed by atoms with Crippen molar-refractivity contribution in [3.63, 3.8) is 0 Å². The highest BCUT2D eigenvalue weighted by atomic mass is 32.1. The number of pyridine rings is 1. The fraction of sp³-hybridized carbons (Fsp3) is 0.520. The predicted octanol–water partition coefficient (Wildman–Crippen LogP) is 4.40. The van der Waals surface area contributed by atoms with Gasteiger partial charge in [-0.3, -0.25) is 15.1 Å². The van der Waals surface area contributed by atoms with Crippen LogP contribution in [0.3, 0.4) is 0 Å². The highest BCUT2D eigenvalue weighted by Gasteiger charge is 2.19. The molecule has 0 aliphatic carbocycles. The van der Waals surface area contributed by atoms with E-state index in [0.717, 1.165) is 18.5 Å². The SMILES string of the molecule is CCCNC(=O)N(CCN(C)C)Cc1ccc(C(=O)Cc2cscc2NC(=O)OC(C)(C)C)nc1. The third kappa shape index (κ3) is 10.0. The van der Waals surface area contributed by atoms with Gasteiger partial charge in [-0.05, 0) is 63.9 Å². The molecule has 0 unspecified atom stereocenters. The first-order valence-corrected chi connectivity index (χ1v) is 12.6. The van der Waals surface area contributed by atoms with Crippen LogP contribution in [0.5, 0.6) is 0 Å². The van der Waals surface area contributed by atoms with E-state index < -0.39 is 11.7 Å². The second-order valence-electron chi connectivity index (χ2n) is 9.55. The Bertz CT molecular complexity index is 982. The topological polar surface area (TPSA) is 104 Å². The highest BCUT2D eigenvalue weighted by molar-refractivity contribution is 7.08. The number of urea groups is 1. The van der Waals surface area contributed by atoms with Gasteiger partial charge in [-0.2, -0.15) is 0 Å². The quantitative estimate of drug-likeness (QED) is 0.441. The van der Waals surface area contributed by atoms with Gasteiger partial charge in [0.2, 0.25) is 0 Å². The largest absolute Gasteiger partial charge is 0.444 e. The van der Waals surface area contributed by atoms with Crippen molar-refractivity contribution in [1.29, 1.82) is 0 Å².